The Morgan fingerprint density at radius 3 is 2.48 bits per heavy atom. The maximum absolute atomic E-state index is 6.07. The third-order valence-corrected chi connectivity index (χ3v) is 4.81. The number of hydrogen-bond donors (Lipinski definition) is 0. The van der Waals surface area contributed by atoms with Crippen LogP contribution in [0.2, 0.25) is 10.0 Å². The average molecular weight is 427 g/mol. The van der Waals surface area contributed by atoms with Crippen molar-refractivity contribution in [3.05, 3.63) is 46.4 Å². The molecule has 0 unspecified atom stereocenters. The summed E-state index contributed by atoms with van der Waals surface area (Å²) < 4.78 is 21.8. The zero-order valence-corrected chi connectivity index (χ0v) is 16.9. The van der Waals surface area contributed by atoms with Crippen molar-refractivity contribution in [2.24, 2.45) is 0 Å². The molecular formula is C18H16Cl2N2O4S. The fourth-order valence-corrected chi connectivity index (χ4v) is 3.27. The molecule has 0 fully saturated rings. The van der Waals surface area contributed by atoms with Gasteiger partial charge in [0.25, 0.3) is 5.22 Å². The van der Waals surface area contributed by atoms with E-state index in [1.54, 1.807) is 44.6 Å². The van der Waals surface area contributed by atoms with Gasteiger partial charge in [0.05, 0.1) is 25.8 Å². The van der Waals surface area contributed by atoms with Gasteiger partial charge in [-0.1, -0.05) is 35.0 Å². The molecule has 9 heteroatoms. The number of halogens is 2. The van der Waals surface area contributed by atoms with E-state index in [0.29, 0.717) is 50.8 Å². The van der Waals surface area contributed by atoms with Gasteiger partial charge in [0.15, 0.2) is 11.5 Å². The highest BCUT2D eigenvalue weighted by atomic mass is 35.5. The van der Waals surface area contributed by atoms with E-state index in [1.165, 1.54) is 11.8 Å². The van der Waals surface area contributed by atoms with Crippen LogP contribution in [0.5, 0.6) is 17.2 Å². The van der Waals surface area contributed by atoms with Gasteiger partial charge >= 0.3 is 0 Å². The zero-order valence-electron chi connectivity index (χ0n) is 14.6. The van der Waals surface area contributed by atoms with Gasteiger partial charge in [0, 0.05) is 16.3 Å². The summed E-state index contributed by atoms with van der Waals surface area (Å²) in [5.41, 5.74) is 0.746. The van der Waals surface area contributed by atoms with Crippen molar-refractivity contribution in [3.8, 4) is 28.7 Å². The highest BCUT2D eigenvalue weighted by Gasteiger charge is 2.12. The Morgan fingerprint density at radius 2 is 1.74 bits per heavy atom. The molecule has 0 aliphatic heterocycles. The van der Waals surface area contributed by atoms with Gasteiger partial charge in [-0.15, -0.1) is 10.2 Å². The van der Waals surface area contributed by atoms with Crippen LogP contribution >= 0.6 is 35.0 Å². The molecule has 0 aliphatic carbocycles. The number of thioether (sulfide) groups is 1. The molecule has 0 aliphatic rings. The summed E-state index contributed by atoms with van der Waals surface area (Å²) in [7, 11) is 3.15. The first kappa shape index (κ1) is 19.7. The van der Waals surface area contributed by atoms with Crippen molar-refractivity contribution < 1.29 is 18.6 Å². The molecule has 1 heterocycles. The molecule has 3 rings (SSSR count). The smallest absolute Gasteiger partial charge is 0.276 e. The fraction of sp³-hybridized carbons (Fsp3) is 0.222. The Kier molecular flexibility index (Phi) is 6.71. The van der Waals surface area contributed by atoms with E-state index in [1.807, 2.05) is 6.07 Å². The van der Waals surface area contributed by atoms with Crippen molar-refractivity contribution in [2.75, 3.05) is 26.6 Å². The van der Waals surface area contributed by atoms with Crippen molar-refractivity contribution in [1.82, 2.24) is 10.2 Å². The largest absolute Gasteiger partial charge is 0.493 e. The van der Waals surface area contributed by atoms with Gasteiger partial charge in [0.2, 0.25) is 5.89 Å². The number of ether oxygens (including phenoxy) is 3. The normalized spacial score (nSPS) is 10.7. The predicted octanol–water partition coefficient (Wildman–Crippen LogP) is 5.23. The minimum absolute atomic E-state index is 0.403. The van der Waals surface area contributed by atoms with Crippen LogP contribution in [0.1, 0.15) is 0 Å². The molecule has 0 spiro atoms. The number of rotatable bonds is 8. The lowest BCUT2D eigenvalue weighted by Crippen LogP contribution is -2.00. The second kappa shape index (κ2) is 9.21. The van der Waals surface area contributed by atoms with E-state index in [4.69, 9.17) is 41.8 Å². The number of hydrogen-bond acceptors (Lipinski definition) is 7. The first-order valence-electron chi connectivity index (χ1n) is 7.87. The molecule has 0 radical (unpaired) electrons. The lowest BCUT2D eigenvalue weighted by atomic mass is 10.2. The summed E-state index contributed by atoms with van der Waals surface area (Å²) in [6, 6.07) is 10.5. The lowest BCUT2D eigenvalue weighted by molar-refractivity contribution is 0.343. The Bertz CT molecular complexity index is 920. The maximum Gasteiger partial charge on any atom is 0.276 e. The fourth-order valence-electron chi connectivity index (χ4n) is 2.23. The monoisotopic (exact) mass is 426 g/mol. The minimum atomic E-state index is 0.403. The SMILES string of the molecule is COc1ccc(-c2nnc(SCCOc3ccc(Cl)cc3Cl)o2)cc1OC. The highest BCUT2D eigenvalue weighted by Crippen LogP contribution is 2.33. The van der Waals surface area contributed by atoms with Crippen LogP contribution in [0.25, 0.3) is 11.5 Å². The quantitative estimate of drug-likeness (QED) is 0.360. The number of nitrogens with zero attached hydrogens (tertiary/aromatic N) is 2. The second-order valence-electron chi connectivity index (χ2n) is 5.21. The maximum atomic E-state index is 6.07. The van der Waals surface area contributed by atoms with Crippen LogP contribution in [0.3, 0.4) is 0 Å². The molecule has 142 valence electrons. The Balaban J connectivity index is 1.56. The molecule has 2 aromatic carbocycles. The van der Waals surface area contributed by atoms with E-state index >= 15 is 0 Å². The van der Waals surface area contributed by atoms with Crippen LogP contribution < -0.4 is 14.2 Å². The van der Waals surface area contributed by atoms with Crippen molar-refractivity contribution in [2.45, 2.75) is 5.22 Å². The van der Waals surface area contributed by atoms with Gasteiger partial charge in [-0.2, -0.15) is 0 Å². The standard InChI is InChI=1S/C18H16Cl2N2O4S/c1-23-15-5-3-11(9-16(15)24-2)17-21-22-18(26-17)27-8-7-25-14-6-4-12(19)10-13(14)20/h3-6,9-10H,7-8H2,1-2H3. The van der Waals surface area contributed by atoms with E-state index in [0.717, 1.165) is 5.56 Å². The van der Waals surface area contributed by atoms with Crippen molar-refractivity contribution in [3.63, 3.8) is 0 Å². The summed E-state index contributed by atoms with van der Waals surface area (Å²) in [5, 5.41) is 9.59. The van der Waals surface area contributed by atoms with Crippen LogP contribution in [-0.2, 0) is 0 Å². The van der Waals surface area contributed by atoms with Crippen LogP contribution in [0.15, 0.2) is 46.0 Å². The molecule has 6 nitrogen and oxygen atoms in total. The van der Waals surface area contributed by atoms with E-state index in [2.05, 4.69) is 10.2 Å². The zero-order chi connectivity index (χ0) is 19.2. The van der Waals surface area contributed by atoms with Crippen LogP contribution in [0.4, 0.5) is 0 Å². The van der Waals surface area contributed by atoms with Gasteiger partial charge in [-0.3, -0.25) is 0 Å². The molecule has 27 heavy (non-hydrogen) atoms. The van der Waals surface area contributed by atoms with Gasteiger partial charge in [-0.25, -0.2) is 0 Å². The average Bonchev–Trinajstić information content (AvgIpc) is 3.15. The van der Waals surface area contributed by atoms with Crippen LogP contribution in [0, 0.1) is 0 Å². The van der Waals surface area contributed by atoms with E-state index < -0.39 is 0 Å². The Labute approximate surface area is 170 Å². The van der Waals surface area contributed by atoms with Crippen molar-refractivity contribution >= 4 is 35.0 Å². The third-order valence-electron chi connectivity index (χ3n) is 3.50. The predicted molar refractivity (Wildman–Crippen MR) is 106 cm³/mol. The first-order chi connectivity index (χ1) is 13.1. The molecule has 0 N–H and O–H groups in total. The third kappa shape index (κ3) is 5.00. The summed E-state index contributed by atoms with van der Waals surface area (Å²) in [6.45, 7) is 0.431. The summed E-state index contributed by atoms with van der Waals surface area (Å²) >= 11 is 13.3. The molecular weight excluding hydrogens is 411 g/mol. The summed E-state index contributed by atoms with van der Waals surface area (Å²) in [4.78, 5) is 0. The minimum Gasteiger partial charge on any atom is -0.493 e. The number of aromatic nitrogens is 2. The highest BCUT2D eigenvalue weighted by molar-refractivity contribution is 7.99. The molecule has 0 bridgehead atoms. The molecule has 0 saturated heterocycles. The van der Waals surface area contributed by atoms with E-state index in [9.17, 15) is 0 Å². The molecule has 3 aromatic rings. The van der Waals surface area contributed by atoms with Crippen LogP contribution in [-0.4, -0.2) is 36.8 Å². The summed E-state index contributed by atoms with van der Waals surface area (Å²) in [5.74, 6) is 2.83. The number of benzene rings is 2. The summed E-state index contributed by atoms with van der Waals surface area (Å²) in [6.07, 6.45) is 0. The van der Waals surface area contributed by atoms with Gasteiger partial charge in [0.1, 0.15) is 5.75 Å². The second-order valence-corrected chi connectivity index (χ2v) is 7.10. The topological polar surface area (TPSA) is 66.6 Å². The Morgan fingerprint density at radius 1 is 0.963 bits per heavy atom. The molecule has 0 atom stereocenters. The molecule has 0 saturated carbocycles. The first-order valence-corrected chi connectivity index (χ1v) is 9.61. The molecule has 1 aromatic heterocycles. The van der Waals surface area contributed by atoms with Gasteiger partial charge in [-0.05, 0) is 36.4 Å². The Hall–Kier alpha value is -2.09. The number of methoxy groups -OCH3 is 2. The van der Waals surface area contributed by atoms with Gasteiger partial charge < -0.3 is 18.6 Å². The lowest BCUT2D eigenvalue weighted by Gasteiger charge is -2.07. The van der Waals surface area contributed by atoms with Crippen molar-refractivity contribution in [1.29, 1.82) is 0 Å². The van der Waals surface area contributed by atoms with E-state index in [-0.39, 0.29) is 0 Å². The molecule has 0 amide bonds.